The third kappa shape index (κ3) is 4.87. The van der Waals surface area contributed by atoms with Gasteiger partial charge in [0.15, 0.2) is 0 Å². The molecule has 0 heterocycles. The van der Waals surface area contributed by atoms with Gasteiger partial charge in [0.2, 0.25) is 0 Å². The number of carbonyl (C=O) groups excluding carboxylic acids is 1. The monoisotopic (exact) mass is 237 g/mol. The first kappa shape index (κ1) is 13.5. The quantitative estimate of drug-likeness (QED) is 0.732. The van der Waals surface area contributed by atoms with Crippen molar-refractivity contribution in [1.82, 2.24) is 5.32 Å². The van der Waals surface area contributed by atoms with Crippen LogP contribution in [0.3, 0.4) is 0 Å². The molecule has 0 saturated carbocycles. The van der Waals surface area contributed by atoms with Crippen LogP contribution >= 0.6 is 0 Å². The van der Waals surface area contributed by atoms with Gasteiger partial charge >= 0.3 is 5.97 Å². The summed E-state index contributed by atoms with van der Waals surface area (Å²) in [7, 11) is 1.74. The average molecular weight is 237 g/mol. The Labute approximate surface area is 102 Å². The topological polar surface area (TPSA) is 47.6 Å². The molecule has 17 heavy (non-hydrogen) atoms. The Balaban J connectivity index is 2.31. The molecule has 1 atom stereocenters. The molecule has 1 N–H and O–H groups in total. The third-order valence-corrected chi connectivity index (χ3v) is 2.34. The Morgan fingerprint density at radius 3 is 2.65 bits per heavy atom. The molecule has 0 amide bonds. The van der Waals surface area contributed by atoms with Crippen LogP contribution in [0.25, 0.3) is 0 Å². The molecule has 4 heteroatoms. The van der Waals surface area contributed by atoms with E-state index in [0.717, 1.165) is 5.75 Å². The van der Waals surface area contributed by atoms with Crippen LogP contribution in [0, 0.1) is 0 Å². The van der Waals surface area contributed by atoms with Crippen molar-refractivity contribution in [2.75, 3.05) is 20.3 Å². The van der Waals surface area contributed by atoms with E-state index in [1.54, 1.807) is 14.0 Å². The summed E-state index contributed by atoms with van der Waals surface area (Å²) in [5, 5.41) is 2.92. The molecule has 0 spiro atoms. The van der Waals surface area contributed by atoms with Crippen LogP contribution in [-0.4, -0.2) is 32.3 Å². The van der Waals surface area contributed by atoms with Crippen molar-refractivity contribution in [3.8, 4) is 5.75 Å². The Bertz CT molecular complexity index is 327. The summed E-state index contributed by atoms with van der Waals surface area (Å²) >= 11 is 0. The zero-order valence-electron chi connectivity index (χ0n) is 10.3. The maximum atomic E-state index is 11.5. The van der Waals surface area contributed by atoms with E-state index < -0.39 is 0 Å². The van der Waals surface area contributed by atoms with E-state index in [1.807, 2.05) is 30.3 Å². The van der Waals surface area contributed by atoms with Gasteiger partial charge in [0.05, 0.1) is 13.2 Å². The fourth-order valence-corrected chi connectivity index (χ4v) is 1.43. The highest BCUT2D eigenvalue weighted by molar-refractivity contribution is 5.75. The van der Waals surface area contributed by atoms with E-state index >= 15 is 0 Å². The number of para-hydroxylation sites is 1. The summed E-state index contributed by atoms with van der Waals surface area (Å²) in [4.78, 5) is 11.5. The molecule has 0 bridgehead atoms. The van der Waals surface area contributed by atoms with Gasteiger partial charge in [-0.15, -0.1) is 0 Å². The second kappa shape index (κ2) is 7.68. The van der Waals surface area contributed by atoms with Crippen molar-refractivity contribution < 1.29 is 14.3 Å². The second-order valence-electron chi connectivity index (χ2n) is 3.54. The summed E-state index contributed by atoms with van der Waals surface area (Å²) in [5.74, 6) is 0.581. The van der Waals surface area contributed by atoms with E-state index in [4.69, 9.17) is 9.47 Å². The number of likely N-dealkylation sites (N-methyl/N-ethyl adjacent to an activating group) is 1. The number of benzene rings is 1. The average Bonchev–Trinajstić information content (AvgIpc) is 2.36. The van der Waals surface area contributed by atoms with Gasteiger partial charge in [-0.2, -0.15) is 0 Å². The minimum absolute atomic E-state index is 0.230. The summed E-state index contributed by atoms with van der Waals surface area (Å²) in [5.41, 5.74) is 0. The molecule has 1 aromatic rings. The maximum absolute atomic E-state index is 11.5. The highest BCUT2D eigenvalue weighted by Crippen LogP contribution is 2.09. The Morgan fingerprint density at radius 1 is 1.35 bits per heavy atom. The van der Waals surface area contributed by atoms with Crippen LogP contribution in [0.5, 0.6) is 5.75 Å². The van der Waals surface area contributed by atoms with Gasteiger partial charge in [0, 0.05) is 6.42 Å². The number of carbonyl (C=O) groups is 1. The molecule has 0 saturated heterocycles. The van der Waals surface area contributed by atoms with Gasteiger partial charge in [0.25, 0.3) is 0 Å². The zero-order chi connectivity index (χ0) is 12.5. The Hall–Kier alpha value is -1.55. The molecule has 0 aliphatic carbocycles. The van der Waals surface area contributed by atoms with Crippen LogP contribution < -0.4 is 10.1 Å². The van der Waals surface area contributed by atoms with E-state index in [2.05, 4.69) is 5.32 Å². The fraction of sp³-hybridized carbons (Fsp3) is 0.462. The van der Waals surface area contributed by atoms with E-state index in [9.17, 15) is 4.79 Å². The van der Waals surface area contributed by atoms with Gasteiger partial charge in [-0.25, -0.2) is 0 Å². The molecule has 1 unspecified atom stereocenters. The van der Waals surface area contributed by atoms with Crippen molar-refractivity contribution >= 4 is 5.97 Å². The minimum atomic E-state index is -0.307. The minimum Gasteiger partial charge on any atom is -0.494 e. The largest absolute Gasteiger partial charge is 0.494 e. The standard InChI is InChI=1S/C13H19NO3/c1-3-16-13(15)12(14-2)9-10-17-11-7-5-4-6-8-11/h4-8,12,14H,3,9-10H2,1-2H3. The molecular weight excluding hydrogens is 218 g/mol. The van der Waals surface area contributed by atoms with Crippen LogP contribution in [-0.2, 0) is 9.53 Å². The SMILES string of the molecule is CCOC(=O)C(CCOc1ccccc1)NC. The van der Waals surface area contributed by atoms with Gasteiger partial charge in [0.1, 0.15) is 11.8 Å². The lowest BCUT2D eigenvalue weighted by molar-refractivity contribution is -0.145. The molecule has 4 nitrogen and oxygen atoms in total. The first-order chi connectivity index (χ1) is 8.27. The number of hydrogen-bond acceptors (Lipinski definition) is 4. The van der Waals surface area contributed by atoms with Crippen molar-refractivity contribution in [2.24, 2.45) is 0 Å². The predicted octanol–water partition coefficient (Wildman–Crippen LogP) is 1.61. The summed E-state index contributed by atoms with van der Waals surface area (Å²) in [6, 6.07) is 9.23. The predicted molar refractivity (Wildman–Crippen MR) is 66.0 cm³/mol. The molecular formula is C13H19NO3. The number of ether oxygens (including phenoxy) is 2. The fourth-order valence-electron chi connectivity index (χ4n) is 1.43. The molecule has 0 radical (unpaired) electrons. The number of nitrogens with one attached hydrogen (secondary N) is 1. The molecule has 0 aliphatic rings. The lowest BCUT2D eigenvalue weighted by Crippen LogP contribution is -2.36. The zero-order valence-corrected chi connectivity index (χ0v) is 10.3. The van der Waals surface area contributed by atoms with E-state index in [0.29, 0.717) is 19.6 Å². The summed E-state index contributed by atoms with van der Waals surface area (Å²) in [6.07, 6.45) is 0.588. The molecule has 1 aromatic carbocycles. The molecule has 94 valence electrons. The van der Waals surface area contributed by atoms with Gasteiger partial charge in [-0.05, 0) is 26.1 Å². The Kier molecular flexibility index (Phi) is 6.10. The number of rotatable bonds is 7. The van der Waals surface area contributed by atoms with Crippen molar-refractivity contribution in [1.29, 1.82) is 0 Å². The normalized spacial score (nSPS) is 11.9. The van der Waals surface area contributed by atoms with Gasteiger partial charge in [-0.1, -0.05) is 18.2 Å². The van der Waals surface area contributed by atoms with Gasteiger partial charge in [-0.3, -0.25) is 4.79 Å². The maximum Gasteiger partial charge on any atom is 0.323 e. The second-order valence-corrected chi connectivity index (χ2v) is 3.54. The van der Waals surface area contributed by atoms with Crippen LogP contribution in [0.15, 0.2) is 30.3 Å². The first-order valence-corrected chi connectivity index (χ1v) is 5.79. The van der Waals surface area contributed by atoms with Crippen molar-refractivity contribution in [3.05, 3.63) is 30.3 Å². The van der Waals surface area contributed by atoms with E-state index in [1.165, 1.54) is 0 Å². The van der Waals surface area contributed by atoms with E-state index in [-0.39, 0.29) is 12.0 Å². The van der Waals surface area contributed by atoms with Crippen LogP contribution in [0.1, 0.15) is 13.3 Å². The summed E-state index contributed by atoms with van der Waals surface area (Å²) < 4.78 is 10.5. The third-order valence-electron chi connectivity index (χ3n) is 2.34. The van der Waals surface area contributed by atoms with Crippen LogP contribution in [0.4, 0.5) is 0 Å². The van der Waals surface area contributed by atoms with Crippen molar-refractivity contribution in [3.63, 3.8) is 0 Å². The lowest BCUT2D eigenvalue weighted by atomic mass is 10.2. The highest BCUT2D eigenvalue weighted by atomic mass is 16.5. The van der Waals surface area contributed by atoms with Crippen molar-refractivity contribution in [2.45, 2.75) is 19.4 Å². The molecule has 0 aromatic heterocycles. The Morgan fingerprint density at radius 2 is 2.06 bits per heavy atom. The molecule has 1 rings (SSSR count). The number of hydrogen-bond donors (Lipinski definition) is 1. The molecule has 0 aliphatic heterocycles. The smallest absolute Gasteiger partial charge is 0.323 e. The van der Waals surface area contributed by atoms with Gasteiger partial charge < -0.3 is 14.8 Å². The highest BCUT2D eigenvalue weighted by Gasteiger charge is 2.17. The summed E-state index contributed by atoms with van der Waals surface area (Å²) in [6.45, 7) is 2.68. The first-order valence-electron chi connectivity index (χ1n) is 5.79. The molecule has 0 fully saturated rings. The number of esters is 1. The lowest BCUT2D eigenvalue weighted by Gasteiger charge is -2.14. The van der Waals surface area contributed by atoms with Crippen LogP contribution in [0.2, 0.25) is 0 Å².